The molecule has 3 aromatic carbocycles. The minimum Gasteiger partial charge on any atom is -0.497 e. The summed E-state index contributed by atoms with van der Waals surface area (Å²) in [5.74, 6) is 0.744. The van der Waals surface area contributed by atoms with Gasteiger partial charge in [-0.05, 0) is 66.6 Å². The van der Waals surface area contributed by atoms with Crippen molar-refractivity contribution in [3.05, 3.63) is 100 Å². The minimum absolute atomic E-state index is 0.0189. The van der Waals surface area contributed by atoms with Crippen LogP contribution in [0.15, 0.2) is 88.8 Å². The van der Waals surface area contributed by atoms with E-state index < -0.39 is 0 Å². The van der Waals surface area contributed by atoms with Crippen LogP contribution in [0.4, 0.5) is 5.69 Å². The average Bonchev–Trinajstić information content (AvgIpc) is 3.08. The van der Waals surface area contributed by atoms with Crippen molar-refractivity contribution in [2.24, 2.45) is 4.99 Å². The fraction of sp³-hybridized carbons (Fsp3) is 0.154. The van der Waals surface area contributed by atoms with E-state index >= 15 is 0 Å². The number of thioether (sulfide) groups is 1. The molecule has 0 N–H and O–H groups in total. The fourth-order valence-corrected chi connectivity index (χ4v) is 4.31. The van der Waals surface area contributed by atoms with Crippen LogP contribution in [0, 0.1) is 6.92 Å². The molecular formula is C26H24N2O2S. The maximum Gasteiger partial charge on any atom is 0.266 e. The van der Waals surface area contributed by atoms with Crippen molar-refractivity contribution in [1.29, 1.82) is 0 Å². The van der Waals surface area contributed by atoms with Gasteiger partial charge in [-0.1, -0.05) is 60.2 Å². The Morgan fingerprint density at radius 2 is 1.77 bits per heavy atom. The Bertz CT molecular complexity index is 1120. The number of amidine groups is 1. The van der Waals surface area contributed by atoms with Gasteiger partial charge in [0.05, 0.1) is 17.7 Å². The zero-order chi connectivity index (χ0) is 21.6. The van der Waals surface area contributed by atoms with E-state index in [9.17, 15) is 4.79 Å². The molecule has 1 heterocycles. The maximum absolute atomic E-state index is 13.3. The molecule has 31 heavy (non-hydrogen) atoms. The monoisotopic (exact) mass is 428 g/mol. The number of carbonyl (C=O) groups excluding carboxylic acids is 1. The Labute approximate surface area is 187 Å². The summed E-state index contributed by atoms with van der Waals surface area (Å²) in [4.78, 5) is 20.5. The number of rotatable bonds is 6. The van der Waals surface area contributed by atoms with Gasteiger partial charge in [0.15, 0.2) is 5.17 Å². The summed E-state index contributed by atoms with van der Waals surface area (Å²) in [6.07, 6.45) is 2.68. The van der Waals surface area contributed by atoms with E-state index in [0.29, 0.717) is 16.6 Å². The molecule has 3 aromatic rings. The molecule has 0 spiro atoms. The highest BCUT2D eigenvalue weighted by Crippen LogP contribution is 2.34. The molecule has 0 aliphatic carbocycles. The Balaban J connectivity index is 1.63. The van der Waals surface area contributed by atoms with E-state index in [4.69, 9.17) is 9.73 Å². The molecule has 0 unspecified atom stereocenters. The zero-order valence-corrected chi connectivity index (χ0v) is 18.4. The van der Waals surface area contributed by atoms with E-state index in [2.05, 4.69) is 12.1 Å². The Kier molecular flexibility index (Phi) is 6.53. The van der Waals surface area contributed by atoms with Gasteiger partial charge in [0.2, 0.25) is 0 Å². The summed E-state index contributed by atoms with van der Waals surface area (Å²) in [5, 5.41) is 0.707. The van der Waals surface area contributed by atoms with Crippen LogP contribution in [-0.4, -0.2) is 29.6 Å². The third kappa shape index (κ3) is 5.25. The van der Waals surface area contributed by atoms with Crippen molar-refractivity contribution in [1.82, 2.24) is 4.90 Å². The van der Waals surface area contributed by atoms with Crippen LogP contribution in [0.5, 0.6) is 5.75 Å². The van der Waals surface area contributed by atoms with Crippen LogP contribution in [0.2, 0.25) is 0 Å². The first-order chi connectivity index (χ1) is 15.1. The molecule has 5 heteroatoms. The van der Waals surface area contributed by atoms with Crippen LogP contribution in [0.1, 0.15) is 16.7 Å². The van der Waals surface area contributed by atoms with E-state index in [0.717, 1.165) is 23.4 Å². The number of ether oxygens (including phenoxy) is 1. The highest BCUT2D eigenvalue weighted by molar-refractivity contribution is 8.18. The highest BCUT2D eigenvalue weighted by Gasteiger charge is 2.33. The summed E-state index contributed by atoms with van der Waals surface area (Å²) < 4.78 is 5.31. The Hall–Kier alpha value is -3.31. The zero-order valence-electron chi connectivity index (χ0n) is 17.6. The molecule has 4 nitrogen and oxygen atoms in total. The lowest BCUT2D eigenvalue weighted by atomic mass is 10.1. The largest absolute Gasteiger partial charge is 0.497 e. The summed E-state index contributed by atoms with van der Waals surface area (Å²) >= 11 is 1.42. The van der Waals surface area contributed by atoms with Gasteiger partial charge in [0, 0.05) is 6.54 Å². The lowest BCUT2D eigenvalue weighted by molar-refractivity contribution is -0.122. The predicted octanol–water partition coefficient (Wildman–Crippen LogP) is 5.85. The first-order valence-electron chi connectivity index (χ1n) is 10.2. The summed E-state index contributed by atoms with van der Waals surface area (Å²) in [5.41, 5.74) is 4.14. The summed E-state index contributed by atoms with van der Waals surface area (Å²) in [6.45, 7) is 2.63. The van der Waals surface area contributed by atoms with E-state index in [-0.39, 0.29) is 5.91 Å². The number of aliphatic imine (C=N–C) groups is 1. The molecule has 4 rings (SSSR count). The smallest absolute Gasteiger partial charge is 0.266 e. The fourth-order valence-electron chi connectivity index (χ4n) is 3.29. The van der Waals surface area contributed by atoms with Gasteiger partial charge < -0.3 is 4.74 Å². The van der Waals surface area contributed by atoms with Gasteiger partial charge in [0.1, 0.15) is 5.75 Å². The van der Waals surface area contributed by atoms with Gasteiger partial charge in [-0.3, -0.25) is 9.69 Å². The van der Waals surface area contributed by atoms with Gasteiger partial charge in [-0.15, -0.1) is 0 Å². The number of nitrogens with zero attached hydrogens (tertiary/aromatic N) is 2. The third-order valence-corrected chi connectivity index (χ3v) is 6.01. The lowest BCUT2D eigenvalue weighted by Gasteiger charge is -2.15. The van der Waals surface area contributed by atoms with Crippen LogP contribution in [0.3, 0.4) is 0 Å². The summed E-state index contributed by atoms with van der Waals surface area (Å²) in [6, 6.07) is 25.9. The molecule has 0 aromatic heterocycles. The average molecular weight is 429 g/mol. The predicted molar refractivity (Wildman–Crippen MR) is 129 cm³/mol. The Morgan fingerprint density at radius 1 is 1.00 bits per heavy atom. The van der Waals surface area contributed by atoms with E-state index in [1.807, 2.05) is 79.7 Å². The first kappa shape index (κ1) is 20.9. The van der Waals surface area contributed by atoms with Crippen molar-refractivity contribution in [2.75, 3.05) is 13.7 Å². The minimum atomic E-state index is -0.0189. The number of carbonyl (C=O) groups is 1. The third-order valence-electron chi connectivity index (χ3n) is 5.01. The van der Waals surface area contributed by atoms with Crippen molar-refractivity contribution in [3.8, 4) is 5.75 Å². The second-order valence-electron chi connectivity index (χ2n) is 7.31. The number of benzene rings is 3. The lowest BCUT2D eigenvalue weighted by Crippen LogP contribution is -2.31. The van der Waals surface area contributed by atoms with Gasteiger partial charge in [-0.25, -0.2) is 4.99 Å². The highest BCUT2D eigenvalue weighted by atomic mass is 32.2. The van der Waals surface area contributed by atoms with E-state index in [1.54, 1.807) is 12.0 Å². The number of methoxy groups -OCH3 is 1. The second-order valence-corrected chi connectivity index (χ2v) is 8.32. The number of aryl methyl sites for hydroxylation is 1. The van der Waals surface area contributed by atoms with Crippen molar-refractivity contribution < 1.29 is 9.53 Å². The molecule has 0 atom stereocenters. The SMILES string of the molecule is COc1cccc(/C=C2\SC(=Nc3ccc(C)cc3)N(CCc3ccccc3)C2=O)c1. The molecular weight excluding hydrogens is 404 g/mol. The molecule has 0 radical (unpaired) electrons. The van der Waals surface area contributed by atoms with Crippen LogP contribution in [-0.2, 0) is 11.2 Å². The molecule has 1 amide bonds. The van der Waals surface area contributed by atoms with E-state index in [1.165, 1.54) is 22.9 Å². The van der Waals surface area contributed by atoms with Gasteiger partial charge in [-0.2, -0.15) is 0 Å². The quantitative estimate of drug-likeness (QED) is 0.463. The van der Waals surface area contributed by atoms with Crippen molar-refractivity contribution >= 4 is 34.6 Å². The van der Waals surface area contributed by atoms with Crippen molar-refractivity contribution in [2.45, 2.75) is 13.3 Å². The Morgan fingerprint density at radius 3 is 2.52 bits per heavy atom. The molecule has 1 aliphatic heterocycles. The first-order valence-corrected chi connectivity index (χ1v) is 11.0. The summed E-state index contributed by atoms with van der Waals surface area (Å²) in [7, 11) is 1.64. The molecule has 156 valence electrons. The van der Waals surface area contributed by atoms with Crippen molar-refractivity contribution in [3.63, 3.8) is 0 Å². The standard InChI is InChI=1S/C26H24N2O2S/c1-19-11-13-22(14-12-19)27-26-28(16-15-20-7-4-3-5-8-20)25(29)24(31-26)18-21-9-6-10-23(17-21)30-2/h3-14,17-18H,15-16H2,1-2H3/b24-18-,27-26?. The number of hydrogen-bond donors (Lipinski definition) is 0. The molecule has 1 fully saturated rings. The molecule has 0 saturated carbocycles. The molecule has 0 bridgehead atoms. The number of hydrogen-bond acceptors (Lipinski definition) is 4. The topological polar surface area (TPSA) is 41.9 Å². The van der Waals surface area contributed by atoms with Crippen LogP contribution >= 0.6 is 11.8 Å². The van der Waals surface area contributed by atoms with Gasteiger partial charge >= 0.3 is 0 Å². The van der Waals surface area contributed by atoms with Gasteiger partial charge in [0.25, 0.3) is 5.91 Å². The molecule has 1 aliphatic rings. The molecule has 1 saturated heterocycles. The maximum atomic E-state index is 13.3. The second kappa shape index (κ2) is 9.67. The van der Waals surface area contributed by atoms with Crippen LogP contribution in [0.25, 0.3) is 6.08 Å². The normalized spacial score (nSPS) is 16.3. The van der Waals surface area contributed by atoms with Crippen LogP contribution < -0.4 is 4.74 Å². The number of amides is 1.